The fraction of sp³-hybridized carbons (Fsp3) is 0.370. The molecule has 1 saturated carbocycles. The molecule has 3 atom stereocenters. The maximum atomic E-state index is 14.4. The maximum Gasteiger partial charge on any atom is 0.220 e. The number of aliphatic imine (C=N–C) groups is 1. The second-order valence-corrected chi connectivity index (χ2v) is 9.50. The minimum Gasteiger partial charge on any atom is -0.481 e. The van der Waals surface area contributed by atoms with Gasteiger partial charge in [-0.05, 0) is 49.9 Å². The van der Waals surface area contributed by atoms with Gasteiger partial charge in [-0.1, -0.05) is 12.1 Å². The lowest BCUT2D eigenvalue weighted by Crippen LogP contribution is -2.34. The van der Waals surface area contributed by atoms with Crippen molar-refractivity contribution in [2.75, 3.05) is 19.5 Å². The van der Waals surface area contributed by atoms with Crippen LogP contribution < -0.4 is 16.0 Å². The lowest BCUT2D eigenvalue weighted by Gasteiger charge is -2.26. The molecule has 0 saturated heterocycles. The Kier molecular flexibility index (Phi) is 7.30. The van der Waals surface area contributed by atoms with E-state index in [2.05, 4.69) is 20.4 Å². The van der Waals surface area contributed by atoms with Crippen LogP contribution in [-0.2, 0) is 16.1 Å². The van der Waals surface area contributed by atoms with Crippen LogP contribution in [-0.4, -0.2) is 51.5 Å². The van der Waals surface area contributed by atoms with Crippen molar-refractivity contribution in [1.82, 2.24) is 20.4 Å². The summed E-state index contributed by atoms with van der Waals surface area (Å²) in [5.41, 5.74) is 12.5. The predicted molar refractivity (Wildman–Crippen MR) is 138 cm³/mol. The van der Waals surface area contributed by atoms with Crippen molar-refractivity contribution in [3.8, 4) is 17.1 Å². The Morgan fingerprint density at radius 1 is 1.21 bits per heavy atom. The van der Waals surface area contributed by atoms with Gasteiger partial charge in [0, 0.05) is 24.0 Å². The molecular formula is C27H29FN6O4. The number of carbonyl (C=O) groups excluding carboxylic acids is 1. The van der Waals surface area contributed by atoms with Crippen LogP contribution in [0.3, 0.4) is 0 Å². The van der Waals surface area contributed by atoms with E-state index < -0.39 is 18.0 Å². The number of rotatable bonds is 7. The molecule has 0 spiro atoms. The molecular weight excluding hydrogens is 491 g/mol. The molecule has 10 nitrogen and oxygen atoms in total. The third-order valence-corrected chi connectivity index (χ3v) is 6.92. The number of benzene rings is 1. The lowest BCUT2D eigenvalue weighted by atomic mass is 9.91. The Hall–Kier alpha value is -3.96. The molecule has 1 aliphatic carbocycles. The number of nitrogens with one attached hydrogen (secondary N) is 1. The number of aromatic nitrogens is 3. The van der Waals surface area contributed by atoms with Crippen molar-refractivity contribution < 1.29 is 23.9 Å². The van der Waals surface area contributed by atoms with Crippen LogP contribution in [0.4, 0.5) is 10.3 Å². The highest BCUT2D eigenvalue weighted by atomic mass is 19.1. The summed E-state index contributed by atoms with van der Waals surface area (Å²) in [5.74, 6) is 0.169. The molecule has 3 aromatic rings. The van der Waals surface area contributed by atoms with Gasteiger partial charge in [0.15, 0.2) is 11.6 Å². The Morgan fingerprint density at radius 3 is 2.82 bits per heavy atom. The van der Waals surface area contributed by atoms with Crippen molar-refractivity contribution >= 4 is 17.6 Å². The number of halogens is 1. The van der Waals surface area contributed by atoms with Gasteiger partial charge in [0.2, 0.25) is 11.8 Å². The molecule has 4 N–H and O–H groups in total. The van der Waals surface area contributed by atoms with Gasteiger partial charge in [0.1, 0.15) is 12.4 Å². The van der Waals surface area contributed by atoms with Gasteiger partial charge in [-0.2, -0.15) is 0 Å². The highest BCUT2D eigenvalue weighted by Crippen LogP contribution is 2.36. The summed E-state index contributed by atoms with van der Waals surface area (Å²) >= 11 is 0. The number of ether oxygens (including phenoxy) is 1. The fourth-order valence-electron chi connectivity index (χ4n) is 5.08. The number of nitrogens with two attached hydrogens (primary N) is 1. The van der Waals surface area contributed by atoms with E-state index in [0.29, 0.717) is 65.6 Å². The van der Waals surface area contributed by atoms with Crippen LogP contribution in [0.25, 0.3) is 11.3 Å². The van der Waals surface area contributed by atoms with Crippen molar-refractivity contribution in [3.05, 3.63) is 64.7 Å². The molecule has 11 heteroatoms. The molecule has 0 radical (unpaired) electrons. The zero-order valence-electron chi connectivity index (χ0n) is 21.1. The second-order valence-electron chi connectivity index (χ2n) is 9.50. The van der Waals surface area contributed by atoms with Gasteiger partial charge in [-0.25, -0.2) is 24.8 Å². The van der Waals surface area contributed by atoms with E-state index in [0.717, 1.165) is 5.56 Å². The number of nitrogen functional groups attached to an aromatic ring is 1. The van der Waals surface area contributed by atoms with E-state index in [9.17, 15) is 14.3 Å². The number of carbonyl (C=O) groups is 1. The second kappa shape index (κ2) is 10.8. The predicted octanol–water partition coefficient (Wildman–Crippen LogP) is 2.87. The van der Waals surface area contributed by atoms with Crippen molar-refractivity contribution in [1.29, 1.82) is 0 Å². The van der Waals surface area contributed by atoms with E-state index >= 15 is 0 Å². The van der Waals surface area contributed by atoms with Gasteiger partial charge in [-0.3, -0.25) is 14.6 Å². The van der Waals surface area contributed by atoms with Gasteiger partial charge in [0.25, 0.3) is 0 Å². The number of hydroxylamine groups is 1. The average Bonchev–Trinajstić information content (AvgIpc) is 3.34. The molecule has 198 valence electrons. The number of Topliss-reactive ketones (excluding diaryl/α,β-unsaturated/α-hetero) is 1. The minimum atomic E-state index is -0.480. The van der Waals surface area contributed by atoms with Crippen LogP contribution in [0, 0.1) is 18.7 Å². The number of nitrogens with zero attached hydrogens (tertiary/aromatic N) is 4. The molecule has 2 aliphatic rings. The van der Waals surface area contributed by atoms with E-state index in [1.54, 1.807) is 31.2 Å². The molecule has 1 aliphatic heterocycles. The van der Waals surface area contributed by atoms with E-state index in [-0.39, 0.29) is 24.3 Å². The first kappa shape index (κ1) is 25.7. The third kappa shape index (κ3) is 5.34. The molecule has 3 heterocycles. The smallest absolute Gasteiger partial charge is 0.220 e. The number of hydrogen-bond donors (Lipinski definition) is 3. The summed E-state index contributed by atoms with van der Waals surface area (Å²) < 4.78 is 19.6. The van der Waals surface area contributed by atoms with Crippen LogP contribution in [0.1, 0.15) is 47.8 Å². The maximum absolute atomic E-state index is 14.4. The number of aryl methyl sites for hydroxylation is 1. The normalized spacial score (nSPS) is 20.5. The molecule has 2 aromatic heterocycles. The molecule has 5 rings (SSSR count). The first-order valence-electron chi connectivity index (χ1n) is 12.4. The van der Waals surface area contributed by atoms with E-state index in [4.69, 9.17) is 20.3 Å². The highest BCUT2D eigenvalue weighted by Gasteiger charge is 2.31. The summed E-state index contributed by atoms with van der Waals surface area (Å²) in [6.45, 7) is 1.61. The standard InChI is InChI=1S/C27H29FN6O4/c1-14-25-22(33-27(29)30-14)12-21(32-26(25)34-38-13-23(36)15-6-8-17(35)10-15)18-9-7-16(28)11-19(18)20-4-3-5-24(31-20)37-2/h3-5,7,9,11,15,17,21,35H,6,8,10,12-13H2,1-2H3,(H,32,34)(H2,29,30,33)/t15?,17-,21+/m0/s1. The average molecular weight is 521 g/mol. The van der Waals surface area contributed by atoms with Gasteiger partial charge in [0.05, 0.1) is 41.9 Å². The molecule has 1 fully saturated rings. The first-order valence-corrected chi connectivity index (χ1v) is 12.4. The number of hydrogen-bond acceptors (Lipinski definition) is 10. The third-order valence-electron chi connectivity index (χ3n) is 6.92. The highest BCUT2D eigenvalue weighted by molar-refractivity contribution is 6.01. The Balaban J connectivity index is 1.47. The fourth-order valence-corrected chi connectivity index (χ4v) is 5.08. The molecule has 1 unspecified atom stereocenters. The zero-order valence-corrected chi connectivity index (χ0v) is 21.1. The Morgan fingerprint density at radius 2 is 2.05 bits per heavy atom. The molecule has 38 heavy (non-hydrogen) atoms. The zero-order chi connectivity index (χ0) is 26.8. The molecule has 0 bridgehead atoms. The summed E-state index contributed by atoms with van der Waals surface area (Å²) in [5, 5.41) is 9.74. The number of amidine groups is 1. The van der Waals surface area contributed by atoms with Crippen molar-refractivity contribution in [2.45, 2.75) is 44.8 Å². The number of aliphatic hydroxyl groups is 1. The lowest BCUT2D eigenvalue weighted by molar-refractivity contribution is -0.128. The topological polar surface area (TPSA) is 145 Å². The van der Waals surface area contributed by atoms with Gasteiger partial charge < -0.3 is 15.6 Å². The first-order chi connectivity index (χ1) is 18.3. The number of ketones is 1. The van der Waals surface area contributed by atoms with Crippen molar-refractivity contribution in [2.24, 2.45) is 10.9 Å². The minimum absolute atomic E-state index is 0.0857. The van der Waals surface area contributed by atoms with Crippen molar-refractivity contribution in [3.63, 3.8) is 0 Å². The van der Waals surface area contributed by atoms with Gasteiger partial charge >= 0.3 is 0 Å². The number of anilines is 1. The molecule has 0 amide bonds. The van der Waals surface area contributed by atoms with E-state index in [1.165, 1.54) is 19.2 Å². The van der Waals surface area contributed by atoms with Crippen LogP contribution in [0.5, 0.6) is 5.88 Å². The largest absolute Gasteiger partial charge is 0.481 e. The van der Waals surface area contributed by atoms with Crippen LogP contribution in [0.15, 0.2) is 41.4 Å². The van der Waals surface area contributed by atoms with Crippen LogP contribution >= 0.6 is 0 Å². The summed E-state index contributed by atoms with van der Waals surface area (Å²) in [4.78, 5) is 36.2. The number of pyridine rings is 1. The van der Waals surface area contributed by atoms with Gasteiger partial charge in [-0.15, -0.1) is 0 Å². The number of fused-ring (bicyclic) bond motifs is 1. The number of methoxy groups -OCH3 is 1. The Labute approximate surface area is 219 Å². The summed E-state index contributed by atoms with van der Waals surface area (Å²) in [7, 11) is 1.52. The number of aliphatic hydroxyl groups excluding tert-OH is 1. The summed E-state index contributed by atoms with van der Waals surface area (Å²) in [6, 6.07) is 9.27. The Bertz CT molecular complexity index is 1400. The quantitative estimate of drug-likeness (QED) is 0.400. The van der Waals surface area contributed by atoms with Crippen LogP contribution in [0.2, 0.25) is 0 Å². The van der Waals surface area contributed by atoms with E-state index in [1.807, 2.05) is 0 Å². The SMILES string of the molecule is COc1cccc(-c2cc(F)ccc2[C@H]2Cc3nc(N)nc(C)c3C(NOCC(=O)C3CC[C@H](O)C3)=N2)n1. The monoisotopic (exact) mass is 520 g/mol. The summed E-state index contributed by atoms with van der Waals surface area (Å²) in [6.07, 6.45) is 1.65. The molecule has 1 aromatic carbocycles.